The van der Waals surface area contributed by atoms with Crippen molar-refractivity contribution in [3.8, 4) is 16.9 Å². The Morgan fingerprint density at radius 1 is 0.961 bits per heavy atom. The van der Waals surface area contributed by atoms with Gasteiger partial charge in [0.05, 0.1) is 12.6 Å². The van der Waals surface area contributed by atoms with Crippen LogP contribution in [0.2, 0.25) is 0 Å². The number of halogens is 3. The summed E-state index contributed by atoms with van der Waals surface area (Å²) >= 11 is 0. The number of carbonyl (C=O) groups is 2. The minimum atomic E-state index is -4.82. The molecule has 10 nitrogen and oxygen atoms in total. The van der Waals surface area contributed by atoms with Gasteiger partial charge in [-0.1, -0.05) is 91.1 Å². The van der Waals surface area contributed by atoms with Crippen molar-refractivity contribution in [2.24, 2.45) is 22.1 Å². The Labute approximate surface area is 293 Å². The fourth-order valence-electron chi connectivity index (χ4n) is 7.11. The zero-order valence-corrected chi connectivity index (χ0v) is 27.9. The summed E-state index contributed by atoms with van der Waals surface area (Å²) in [5.41, 5.74) is 5.83. The maximum atomic E-state index is 14.3. The van der Waals surface area contributed by atoms with E-state index in [0.29, 0.717) is 35.1 Å². The van der Waals surface area contributed by atoms with Gasteiger partial charge in [-0.05, 0) is 94.5 Å². The molecular formula is C38H38F3N7O3. The van der Waals surface area contributed by atoms with Gasteiger partial charge < -0.3 is 15.9 Å². The fourth-order valence-corrected chi connectivity index (χ4v) is 7.11. The van der Waals surface area contributed by atoms with Gasteiger partial charge in [0.1, 0.15) is 5.75 Å². The number of hydrogen-bond acceptors (Lipinski definition) is 5. The molecule has 264 valence electrons. The minimum absolute atomic E-state index is 0.174. The number of anilines is 1. The largest absolute Gasteiger partial charge is 0.573 e. The molecular weight excluding hydrogens is 659 g/mol. The van der Waals surface area contributed by atoms with E-state index in [1.165, 1.54) is 37.0 Å². The third-order valence-electron chi connectivity index (χ3n) is 9.60. The lowest BCUT2D eigenvalue weighted by atomic mass is 9.76. The van der Waals surface area contributed by atoms with Crippen LogP contribution in [0.15, 0.2) is 101 Å². The van der Waals surface area contributed by atoms with Crippen LogP contribution in [0.25, 0.3) is 11.1 Å². The van der Waals surface area contributed by atoms with Gasteiger partial charge in [-0.25, -0.2) is 4.79 Å². The Morgan fingerprint density at radius 3 is 2.39 bits per heavy atom. The monoisotopic (exact) mass is 697 g/mol. The van der Waals surface area contributed by atoms with E-state index < -0.39 is 24.3 Å². The molecule has 4 aromatic rings. The molecule has 0 aliphatic heterocycles. The van der Waals surface area contributed by atoms with Crippen molar-refractivity contribution in [3.63, 3.8) is 0 Å². The molecule has 6 rings (SSSR count). The lowest BCUT2D eigenvalue weighted by molar-refractivity contribution is -0.274. The summed E-state index contributed by atoms with van der Waals surface area (Å²) < 4.78 is 43.2. The normalized spacial score (nSPS) is 18.3. The average molecular weight is 698 g/mol. The van der Waals surface area contributed by atoms with Crippen molar-refractivity contribution < 1.29 is 27.5 Å². The number of hydrogen-bond donors (Lipinski definition) is 4. The number of amides is 3. The van der Waals surface area contributed by atoms with E-state index in [-0.39, 0.29) is 23.9 Å². The Balaban J connectivity index is 1.27. The molecule has 4 aromatic carbocycles. The van der Waals surface area contributed by atoms with Gasteiger partial charge in [0.25, 0.3) is 5.91 Å². The van der Waals surface area contributed by atoms with E-state index in [1.807, 2.05) is 30.3 Å². The lowest BCUT2D eigenvalue weighted by Gasteiger charge is -2.32. The van der Waals surface area contributed by atoms with Gasteiger partial charge in [-0.2, -0.15) is 0 Å². The van der Waals surface area contributed by atoms with Crippen LogP contribution < -0.4 is 26.1 Å². The highest BCUT2D eigenvalue weighted by atomic mass is 19.4. The van der Waals surface area contributed by atoms with E-state index in [2.05, 4.69) is 44.8 Å². The third-order valence-corrected chi connectivity index (χ3v) is 9.60. The zero-order chi connectivity index (χ0) is 36.1. The zero-order valence-electron chi connectivity index (χ0n) is 27.9. The maximum Gasteiger partial charge on any atom is 0.573 e. The first kappa shape index (κ1) is 35.1. The molecule has 0 radical (unpaired) electrons. The molecule has 51 heavy (non-hydrogen) atoms. The van der Waals surface area contributed by atoms with Crippen LogP contribution in [-0.4, -0.2) is 24.3 Å². The number of ether oxygens (including phenoxy) is 1. The molecule has 1 saturated carbocycles. The summed E-state index contributed by atoms with van der Waals surface area (Å²) in [5, 5.41) is 19.4. The number of urea groups is 1. The highest BCUT2D eigenvalue weighted by Gasteiger charge is 2.33. The number of fused-ring (bicyclic) bond motifs is 3. The molecule has 0 bridgehead atoms. The number of rotatable bonds is 7. The quantitative estimate of drug-likeness (QED) is 0.0504. The third kappa shape index (κ3) is 8.36. The van der Waals surface area contributed by atoms with Crippen LogP contribution in [-0.2, 0) is 13.0 Å². The van der Waals surface area contributed by atoms with E-state index in [1.54, 1.807) is 41.3 Å². The molecule has 1 fully saturated rings. The van der Waals surface area contributed by atoms with Crippen LogP contribution in [0.4, 0.5) is 23.7 Å². The minimum Gasteiger partial charge on any atom is -0.406 e. The standard InChI is InChI=1S/C38H38F3N7O3/c1-23-6-2-3-7-30(23)25-14-17-28(18-15-25)48(22-24-10-12-26(13-11-24)35(49)45-36(42)46-47-43)37(50)44-34-20-27-16-19-29(51-38(39,40)41)21-33(27)31-8-4-5-9-32(31)34/h4-5,8-19,21,23,30,34H,2-3,6-7,20,22H2,1H3,(H,44,50)(H4,42,43,45,46,49). The first-order valence-electron chi connectivity index (χ1n) is 16.7. The maximum absolute atomic E-state index is 14.3. The topological polar surface area (TPSA) is 145 Å². The number of benzene rings is 4. The molecule has 0 aromatic heterocycles. The number of carbonyl (C=O) groups excluding carboxylic acids is 2. The molecule has 5 N–H and O–H groups in total. The number of nitrogens with zero attached hydrogens (tertiary/aromatic N) is 3. The number of nitrogens with two attached hydrogens (primary N) is 1. The predicted octanol–water partition coefficient (Wildman–Crippen LogP) is 8.55. The van der Waals surface area contributed by atoms with Gasteiger partial charge in [0.15, 0.2) is 0 Å². The average Bonchev–Trinajstić information content (AvgIpc) is 3.11. The number of guanidine groups is 1. The number of nitrogens with one attached hydrogen (secondary N) is 3. The Hall–Kier alpha value is -5.72. The highest BCUT2D eigenvalue weighted by Crippen LogP contribution is 2.41. The van der Waals surface area contributed by atoms with E-state index >= 15 is 0 Å². The predicted molar refractivity (Wildman–Crippen MR) is 187 cm³/mol. The summed E-state index contributed by atoms with van der Waals surface area (Å²) in [4.78, 5) is 28.5. The summed E-state index contributed by atoms with van der Waals surface area (Å²) in [6.45, 7) is 2.46. The molecule has 3 unspecified atom stereocenters. The van der Waals surface area contributed by atoms with Crippen molar-refractivity contribution >= 4 is 23.6 Å². The van der Waals surface area contributed by atoms with E-state index in [4.69, 9.17) is 11.3 Å². The van der Waals surface area contributed by atoms with Crippen molar-refractivity contribution in [1.82, 2.24) is 10.6 Å². The van der Waals surface area contributed by atoms with Gasteiger partial charge in [-0.15, -0.1) is 13.2 Å². The molecule has 13 heteroatoms. The Bertz CT molecular complexity index is 1930. The summed E-state index contributed by atoms with van der Waals surface area (Å²) in [6, 6.07) is 25.5. The first-order valence-corrected chi connectivity index (χ1v) is 16.7. The summed E-state index contributed by atoms with van der Waals surface area (Å²) in [7, 11) is 0. The number of alkyl halides is 3. The fraction of sp³-hybridized carbons (Fsp3) is 0.289. The Kier molecular flexibility index (Phi) is 10.4. The first-order chi connectivity index (χ1) is 24.5. The molecule has 0 spiro atoms. The van der Waals surface area contributed by atoms with Gasteiger partial charge in [0, 0.05) is 11.3 Å². The van der Waals surface area contributed by atoms with Crippen LogP contribution in [0.3, 0.4) is 0 Å². The van der Waals surface area contributed by atoms with Crippen LogP contribution in [0.1, 0.15) is 77.2 Å². The van der Waals surface area contributed by atoms with Gasteiger partial charge >= 0.3 is 12.4 Å². The second-order valence-electron chi connectivity index (χ2n) is 12.9. The van der Waals surface area contributed by atoms with Crippen LogP contribution >= 0.6 is 0 Å². The van der Waals surface area contributed by atoms with E-state index in [0.717, 1.165) is 23.1 Å². The van der Waals surface area contributed by atoms with Crippen LogP contribution in [0, 0.1) is 11.3 Å². The summed E-state index contributed by atoms with van der Waals surface area (Å²) in [5.74, 6) is 4.62. The van der Waals surface area contributed by atoms with Crippen molar-refractivity contribution in [2.45, 2.75) is 63.9 Å². The molecule has 0 heterocycles. The highest BCUT2D eigenvalue weighted by molar-refractivity contribution is 6.05. The molecule has 0 saturated heterocycles. The van der Waals surface area contributed by atoms with Crippen LogP contribution in [0.5, 0.6) is 5.75 Å². The SMILES string of the molecule is CC1CCCCC1c1ccc(N(Cc2ccc(C(=O)NC(=N)N=NN)cc2)C(=O)NC2Cc3ccc(OC(F)(F)F)cc3-c3ccccc32)cc1. The van der Waals surface area contributed by atoms with Crippen molar-refractivity contribution in [1.29, 1.82) is 5.41 Å². The second-order valence-corrected chi connectivity index (χ2v) is 12.9. The molecule has 3 atom stereocenters. The van der Waals surface area contributed by atoms with Gasteiger partial charge in [-0.3, -0.25) is 20.4 Å². The van der Waals surface area contributed by atoms with Crippen molar-refractivity contribution in [3.05, 3.63) is 119 Å². The smallest absolute Gasteiger partial charge is 0.406 e. The molecule has 2 aliphatic rings. The summed E-state index contributed by atoms with van der Waals surface area (Å²) in [6.07, 6.45) is 0.299. The Morgan fingerprint density at radius 2 is 1.69 bits per heavy atom. The lowest BCUT2D eigenvalue weighted by Crippen LogP contribution is -2.42. The molecule has 3 amide bonds. The van der Waals surface area contributed by atoms with E-state index in [9.17, 15) is 22.8 Å². The van der Waals surface area contributed by atoms with Gasteiger partial charge in [0.2, 0.25) is 5.96 Å². The van der Waals surface area contributed by atoms with Crippen molar-refractivity contribution in [2.75, 3.05) is 4.90 Å². The molecule has 2 aliphatic carbocycles. The second kappa shape index (κ2) is 15.0.